The van der Waals surface area contributed by atoms with Gasteiger partial charge in [0.1, 0.15) is 0 Å². The Balaban J connectivity index is 1.59. The van der Waals surface area contributed by atoms with Crippen LogP contribution in [0.5, 0.6) is 5.75 Å². The van der Waals surface area contributed by atoms with Crippen molar-refractivity contribution in [2.45, 2.75) is 5.97 Å². The molecule has 2 aliphatic rings. The van der Waals surface area contributed by atoms with E-state index in [4.69, 9.17) is 14.7 Å². The van der Waals surface area contributed by atoms with Crippen LogP contribution in [-0.2, 0) is 0 Å². The summed E-state index contributed by atoms with van der Waals surface area (Å²) in [5.74, 6) is 1.07. The molecule has 3 heterocycles. The Morgan fingerprint density at radius 2 is 0.914 bits per heavy atom. The normalized spacial score (nSPS) is 15.1. The number of hydrogen-bond acceptors (Lipinski definition) is 6. The molecule has 0 amide bonds. The summed E-state index contributed by atoms with van der Waals surface area (Å²) in [5.41, 5.74) is 3.85. The second-order valence-corrected chi connectivity index (χ2v) is 8.36. The van der Waals surface area contributed by atoms with Gasteiger partial charge in [-0.2, -0.15) is 0 Å². The van der Waals surface area contributed by atoms with Crippen LogP contribution in [-0.4, -0.2) is 15.9 Å². The van der Waals surface area contributed by atoms with Gasteiger partial charge >= 0.3 is 5.97 Å². The van der Waals surface area contributed by atoms with Crippen molar-refractivity contribution in [3.63, 3.8) is 0 Å². The lowest BCUT2D eigenvalue weighted by Gasteiger charge is -2.45. The maximum absolute atomic E-state index is 7.04. The molecule has 4 aromatic carbocycles. The molecule has 7 rings (SSSR count). The SMILES string of the molecule is c1ccc(N2c3ccccc3OC23N(c2ccccc2)c2nccnc2N3c2ccccc2)cc1. The molecular weight excluding hydrogens is 434 g/mol. The number of hydrogen-bond donors (Lipinski definition) is 0. The first-order valence-corrected chi connectivity index (χ1v) is 11.5. The summed E-state index contributed by atoms with van der Waals surface area (Å²) in [6, 6.07) is 38.9. The van der Waals surface area contributed by atoms with Crippen molar-refractivity contribution in [1.82, 2.24) is 9.97 Å². The number of anilines is 6. The number of para-hydroxylation sites is 5. The van der Waals surface area contributed by atoms with E-state index in [1.165, 1.54) is 0 Å². The number of aromatic nitrogens is 2. The summed E-state index contributed by atoms with van der Waals surface area (Å²) in [7, 11) is 0. The zero-order chi connectivity index (χ0) is 23.2. The lowest BCUT2D eigenvalue weighted by molar-refractivity contribution is 0.119. The summed E-state index contributed by atoms with van der Waals surface area (Å²) < 4.78 is 7.04. The van der Waals surface area contributed by atoms with Gasteiger partial charge in [-0.3, -0.25) is 4.90 Å². The van der Waals surface area contributed by atoms with Crippen LogP contribution in [0.1, 0.15) is 0 Å². The second-order valence-electron chi connectivity index (χ2n) is 8.36. The van der Waals surface area contributed by atoms with Gasteiger partial charge in [0.15, 0.2) is 17.4 Å². The summed E-state index contributed by atoms with van der Waals surface area (Å²) in [4.78, 5) is 16.1. The van der Waals surface area contributed by atoms with Crippen LogP contribution in [0.4, 0.5) is 34.4 Å². The van der Waals surface area contributed by atoms with E-state index in [2.05, 4.69) is 57.2 Å². The van der Waals surface area contributed by atoms with E-state index in [1.807, 2.05) is 72.8 Å². The number of fused-ring (bicyclic) bond motifs is 2. The van der Waals surface area contributed by atoms with Crippen LogP contribution in [0.3, 0.4) is 0 Å². The summed E-state index contributed by atoms with van der Waals surface area (Å²) in [6.45, 7) is 0. The summed E-state index contributed by atoms with van der Waals surface area (Å²) in [5, 5.41) is 0. The maximum Gasteiger partial charge on any atom is 0.370 e. The first-order chi connectivity index (χ1) is 17.4. The predicted molar refractivity (Wildman–Crippen MR) is 138 cm³/mol. The molecule has 0 saturated carbocycles. The molecule has 0 unspecified atom stereocenters. The highest BCUT2D eigenvalue weighted by Crippen LogP contribution is 2.59. The molecule has 0 N–H and O–H groups in total. The fraction of sp³-hybridized carbons (Fsp3) is 0.0345. The van der Waals surface area contributed by atoms with Crippen LogP contribution >= 0.6 is 0 Å². The molecule has 6 heteroatoms. The summed E-state index contributed by atoms with van der Waals surface area (Å²) in [6.07, 6.45) is 3.46. The number of ether oxygens (including phenoxy) is 1. The van der Waals surface area contributed by atoms with Gasteiger partial charge in [-0.1, -0.05) is 66.7 Å². The highest BCUT2D eigenvalue weighted by Gasteiger charge is 2.63. The highest BCUT2D eigenvalue weighted by molar-refractivity contribution is 5.91. The quantitative estimate of drug-likeness (QED) is 0.305. The fourth-order valence-electron chi connectivity index (χ4n) is 5.00. The molecule has 0 bridgehead atoms. The van der Waals surface area contributed by atoms with E-state index in [9.17, 15) is 0 Å². The Labute approximate surface area is 203 Å². The molecular formula is C29H21N5O. The van der Waals surface area contributed by atoms with E-state index in [1.54, 1.807) is 12.4 Å². The Morgan fingerprint density at radius 3 is 1.43 bits per heavy atom. The van der Waals surface area contributed by atoms with Gasteiger partial charge < -0.3 is 4.74 Å². The van der Waals surface area contributed by atoms with Crippen molar-refractivity contribution in [3.8, 4) is 5.75 Å². The van der Waals surface area contributed by atoms with Gasteiger partial charge in [0.25, 0.3) is 0 Å². The van der Waals surface area contributed by atoms with Crippen LogP contribution < -0.4 is 19.4 Å². The van der Waals surface area contributed by atoms with Crippen molar-refractivity contribution in [2.24, 2.45) is 0 Å². The molecule has 5 aromatic rings. The molecule has 0 atom stereocenters. The van der Waals surface area contributed by atoms with Gasteiger partial charge in [0.05, 0.1) is 17.1 Å². The number of benzene rings is 4. The first kappa shape index (κ1) is 19.6. The average Bonchev–Trinajstić information content (AvgIpc) is 3.41. The molecule has 2 aliphatic heterocycles. The van der Waals surface area contributed by atoms with Gasteiger partial charge in [-0.15, -0.1) is 0 Å². The van der Waals surface area contributed by atoms with Gasteiger partial charge in [-0.25, -0.2) is 19.8 Å². The van der Waals surface area contributed by atoms with Crippen molar-refractivity contribution in [2.75, 3.05) is 14.7 Å². The third kappa shape index (κ3) is 2.77. The van der Waals surface area contributed by atoms with E-state index < -0.39 is 5.97 Å². The standard InChI is InChI=1S/C29H21N5O/c1-4-12-22(13-5-1)32-25-18-10-11-19-26(25)35-29(32)33(23-14-6-2-7-15-23)27-28(31-21-20-30-27)34(29)24-16-8-3-9-17-24/h1-21H. The lowest BCUT2D eigenvalue weighted by Crippen LogP contribution is -2.65. The van der Waals surface area contributed by atoms with Gasteiger partial charge in [0.2, 0.25) is 0 Å². The Hall–Kier alpha value is -4.84. The zero-order valence-electron chi connectivity index (χ0n) is 18.8. The van der Waals surface area contributed by atoms with Crippen molar-refractivity contribution < 1.29 is 4.74 Å². The topological polar surface area (TPSA) is 44.7 Å². The molecule has 0 saturated heterocycles. The van der Waals surface area contributed by atoms with Crippen molar-refractivity contribution in [1.29, 1.82) is 0 Å². The molecule has 0 aliphatic carbocycles. The van der Waals surface area contributed by atoms with E-state index >= 15 is 0 Å². The zero-order valence-corrected chi connectivity index (χ0v) is 18.8. The Kier molecular flexibility index (Phi) is 4.26. The molecule has 1 aromatic heterocycles. The smallest absolute Gasteiger partial charge is 0.370 e. The first-order valence-electron chi connectivity index (χ1n) is 11.5. The highest BCUT2D eigenvalue weighted by atomic mass is 16.6. The van der Waals surface area contributed by atoms with Crippen molar-refractivity contribution in [3.05, 3.63) is 128 Å². The minimum Gasteiger partial charge on any atom is -0.429 e. The Bertz CT molecular complexity index is 1370. The van der Waals surface area contributed by atoms with E-state index in [0.29, 0.717) is 0 Å². The van der Waals surface area contributed by atoms with E-state index in [-0.39, 0.29) is 0 Å². The lowest BCUT2D eigenvalue weighted by atomic mass is 10.2. The molecule has 1 spiro atoms. The number of rotatable bonds is 3. The monoisotopic (exact) mass is 455 g/mol. The largest absolute Gasteiger partial charge is 0.429 e. The van der Waals surface area contributed by atoms with Gasteiger partial charge in [0, 0.05) is 18.1 Å². The second kappa shape index (κ2) is 7.60. The molecule has 0 radical (unpaired) electrons. The van der Waals surface area contributed by atoms with Crippen LogP contribution in [0.2, 0.25) is 0 Å². The Morgan fingerprint density at radius 1 is 0.486 bits per heavy atom. The van der Waals surface area contributed by atoms with E-state index in [0.717, 1.165) is 40.1 Å². The molecule has 168 valence electrons. The summed E-state index contributed by atoms with van der Waals surface area (Å²) >= 11 is 0. The minimum atomic E-state index is -1.16. The minimum absolute atomic E-state index is 0.719. The van der Waals surface area contributed by atoms with Crippen LogP contribution in [0.25, 0.3) is 0 Å². The van der Waals surface area contributed by atoms with Gasteiger partial charge in [-0.05, 0) is 48.5 Å². The molecule has 6 nitrogen and oxygen atoms in total. The van der Waals surface area contributed by atoms with Crippen molar-refractivity contribution >= 4 is 34.4 Å². The predicted octanol–water partition coefficient (Wildman–Crippen LogP) is 6.61. The average molecular weight is 456 g/mol. The molecule has 0 fully saturated rings. The third-order valence-electron chi connectivity index (χ3n) is 6.35. The fourth-order valence-corrected chi connectivity index (χ4v) is 5.00. The maximum atomic E-state index is 7.04. The third-order valence-corrected chi connectivity index (χ3v) is 6.35. The molecule has 35 heavy (non-hydrogen) atoms. The van der Waals surface area contributed by atoms with Crippen LogP contribution in [0.15, 0.2) is 128 Å². The van der Waals surface area contributed by atoms with Crippen LogP contribution in [0, 0.1) is 0 Å². The number of nitrogens with zero attached hydrogens (tertiary/aromatic N) is 5.